The molecule has 23 heavy (non-hydrogen) atoms. The summed E-state index contributed by atoms with van der Waals surface area (Å²) in [6.07, 6.45) is 6.48. The predicted molar refractivity (Wildman–Crippen MR) is 94.4 cm³/mol. The van der Waals surface area contributed by atoms with Crippen molar-refractivity contribution < 1.29 is 4.79 Å². The number of aryl methyl sites for hydroxylation is 1. The molecular formula is C19H27ClN2O. The second-order valence-corrected chi connectivity index (χ2v) is 7.81. The SMILES string of the molecule is Cc1ccc(C(N)C(=O)N2CC3CC4CC(C3)CC2C4)cc1.Cl. The predicted octanol–water partition coefficient (Wildman–Crippen LogP) is 3.45. The Hall–Kier alpha value is -1.06. The molecule has 1 aromatic rings. The van der Waals surface area contributed by atoms with Gasteiger partial charge in [-0.3, -0.25) is 4.79 Å². The molecule has 2 heterocycles. The van der Waals surface area contributed by atoms with E-state index in [4.69, 9.17) is 5.73 Å². The molecule has 3 nitrogen and oxygen atoms in total. The van der Waals surface area contributed by atoms with Gasteiger partial charge in [-0.1, -0.05) is 29.8 Å². The third kappa shape index (κ3) is 3.14. The van der Waals surface area contributed by atoms with Gasteiger partial charge in [0, 0.05) is 12.6 Å². The Kier molecular flexibility index (Phi) is 4.70. The molecule has 2 aliphatic heterocycles. The maximum Gasteiger partial charge on any atom is 0.244 e. The normalized spacial score (nSPS) is 33.0. The molecule has 1 amide bonds. The lowest BCUT2D eigenvalue weighted by Gasteiger charge is -2.39. The number of rotatable bonds is 2. The number of nitrogens with two attached hydrogens (primary N) is 1. The molecule has 2 N–H and O–H groups in total. The highest BCUT2D eigenvalue weighted by Crippen LogP contribution is 2.47. The summed E-state index contributed by atoms with van der Waals surface area (Å²) in [5, 5.41) is 0. The monoisotopic (exact) mass is 334 g/mol. The van der Waals surface area contributed by atoms with Crippen molar-refractivity contribution in [3.05, 3.63) is 35.4 Å². The number of carbonyl (C=O) groups is 1. The van der Waals surface area contributed by atoms with Crippen molar-refractivity contribution in [3.63, 3.8) is 0 Å². The third-order valence-electron chi connectivity index (χ3n) is 6.09. The van der Waals surface area contributed by atoms with Crippen LogP contribution in [0.5, 0.6) is 0 Å². The molecule has 4 bridgehead atoms. The maximum absolute atomic E-state index is 13.0. The van der Waals surface area contributed by atoms with Gasteiger partial charge in [0.05, 0.1) is 0 Å². The Labute approximate surface area is 145 Å². The molecule has 2 aliphatic carbocycles. The van der Waals surface area contributed by atoms with E-state index in [1.165, 1.54) is 37.7 Å². The first-order chi connectivity index (χ1) is 10.6. The van der Waals surface area contributed by atoms with Crippen LogP contribution in [0.1, 0.15) is 49.3 Å². The molecule has 0 aromatic heterocycles. The summed E-state index contributed by atoms with van der Waals surface area (Å²) < 4.78 is 0. The maximum atomic E-state index is 13.0. The van der Waals surface area contributed by atoms with Crippen molar-refractivity contribution in [2.75, 3.05) is 6.54 Å². The fourth-order valence-electron chi connectivity index (χ4n) is 5.15. The zero-order chi connectivity index (χ0) is 15.3. The number of halogens is 1. The lowest BCUT2D eigenvalue weighted by molar-refractivity contribution is -0.135. The third-order valence-corrected chi connectivity index (χ3v) is 6.09. The summed E-state index contributed by atoms with van der Waals surface area (Å²) in [5.41, 5.74) is 8.45. The molecule has 0 spiro atoms. The van der Waals surface area contributed by atoms with Crippen LogP contribution in [-0.2, 0) is 4.79 Å². The van der Waals surface area contributed by atoms with E-state index in [-0.39, 0.29) is 18.3 Å². The summed E-state index contributed by atoms with van der Waals surface area (Å²) in [6, 6.07) is 8.02. The topological polar surface area (TPSA) is 46.3 Å². The number of hydrogen-bond acceptors (Lipinski definition) is 2. The second-order valence-electron chi connectivity index (χ2n) is 7.81. The van der Waals surface area contributed by atoms with Crippen molar-refractivity contribution in [3.8, 4) is 0 Å². The highest BCUT2D eigenvalue weighted by molar-refractivity contribution is 5.85. The highest BCUT2D eigenvalue weighted by Gasteiger charge is 2.44. The number of hydrogen-bond donors (Lipinski definition) is 1. The van der Waals surface area contributed by atoms with Crippen molar-refractivity contribution in [2.24, 2.45) is 23.5 Å². The van der Waals surface area contributed by atoms with Crippen LogP contribution in [0.3, 0.4) is 0 Å². The van der Waals surface area contributed by atoms with Crippen LogP contribution in [0, 0.1) is 24.7 Å². The number of nitrogens with zero attached hydrogens (tertiary/aromatic N) is 1. The van der Waals surface area contributed by atoms with Gasteiger partial charge >= 0.3 is 0 Å². The molecule has 2 saturated heterocycles. The lowest BCUT2D eigenvalue weighted by atomic mass is 9.68. The molecule has 4 heteroatoms. The quantitative estimate of drug-likeness (QED) is 0.900. The van der Waals surface area contributed by atoms with E-state index >= 15 is 0 Å². The van der Waals surface area contributed by atoms with Gasteiger partial charge in [0.1, 0.15) is 6.04 Å². The fraction of sp³-hybridized carbons (Fsp3) is 0.632. The molecule has 0 radical (unpaired) electrons. The van der Waals surface area contributed by atoms with E-state index in [2.05, 4.69) is 11.8 Å². The molecular weight excluding hydrogens is 308 g/mol. The molecule has 3 atom stereocenters. The summed E-state index contributed by atoms with van der Waals surface area (Å²) >= 11 is 0. The van der Waals surface area contributed by atoms with Crippen LogP contribution in [0.15, 0.2) is 24.3 Å². The van der Waals surface area contributed by atoms with E-state index in [0.29, 0.717) is 12.0 Å². The molecule has 2 saturated carbocycles. The van der Waals surface area contributed by atoms with Crippen LogP contribution in [0.4, 0.5) is 0 Å². The Balaban J connectivity index is 0.00000156. The van der Waals surface area contributed by atoms with Crippen LogP contribution in [0.2, 0.25) is 0 Å². The average molecular weight is 335 g/mol. The average Bonchev–Trinajstić information content (AvgIpc) is 2.70. The zero-order valence-corrected chi connectivity index (χ0v) is 14.6. The molecule has 3 unspecified atom stereocenters. The van der Waals surface area contributed by atoms with Gasteiger partial charge in [-0.25, -0.2) is 0 Å². The molecule has 4 fully saturated rings. The van der Waals surface area contributed by atoms with E-state index < -0.39 is 6.04 Å². The van der Waals surface area contributed by atoms with E-state index in [9.17, 15) is 4.79 Å². The number of fused-ring (bicyclic) bond motifs is 1. The summed E-state index contributed by atoms with van der Waals surface area (Å²) in [4.78, 5) is 15.1. The van der Waals surface area contributed by atoms with Gasteiger partial charge < -0.3 is 10.6 Å². The molecule has 1 aromatic carbocycles. The first-order valence-corrected chi connectivity index (χ1v) is 8.72. The Bertz CT molecular complexity index is 559. The lowest BCUT2D eigenvalue weighted by Crippen LogP contribution is -2.46. The van der Waals surface area contributed by atoms with Crippen molar-refractivity contribution in [1.29, 1.82) is 0 Å². The van der Waals surface area contributed by atoms with Crippen LogP contribution in [0.25, 0.3) is 0 Å². The molecule has 4 aliphatic rings. The number of amides is 1. The summed E-state index contributed by atoms with van der Waals surface area (Å²) in [7, 11) is 0. The zero-order valence-electron chi connectivity index (χ0n) is 13.8. The Morgan fingerprint density at radius 2 is 1.61 bits per heavy atom. The second kappa shape index (κ2) is 6.45. The minimum atomic E-state index is -0.503. The van der Waals surface area contributed by atoms with Gasteiger partial charge in [-0.15, -0.1) is 12.4 Å². The van der Waals surface area contributed by atoms with Gasteiger partial charge in [-0.2, -0.15) is 0 Å². The van der Waals surface area contributed by atoms with E-state index in [0.717, 1.165) is 23.9 Å². The van der Waals surface area contributed by atoms with Gasteiger partial charge in [0.15, 0.2) is 0 Å². The minimum Gasteiger partial charge on any atom is -0.338 e. The minimum absolute atomic E-state index is 0. The smallest absolute Gasteiger partial charge is 0.244 e. The van der Waals surface area contributed by atoms with Crippen LogP contribution >= 0.6 is 12.4 Å². The largest absolute Gasteiger partial charge is 0.338 e. The number of benzene rings is 1. The fourth-order valence-corrected chi connectivity index (χ4v) is 5.15. The van der Waals surface area contributed by atoms with Gasteiger partial charge in [-0.05, 0) is 62.3 Å². The van der Waals surface area contributed by atoms with Crippen LogP contribution in [-0.4, -0.2) is 23.4 Å². The van der Waals surface area contributed by atoms with Crippen molar-refractivity contribution >= 4 is 18.3 Å². The van der Waals surface area contributed by atoms with Crippen molar-refractivity contribution in [2.45, 2.75) is 51.1 Å². The van der Waals surface area contributed by atoms with E-state index in [1.807, 2.05) is 24.3 Å². The van der Waals surface area contributed by atoms with Crippen LogP contribution < -0.4 is 5.73 Å². The van der Waals surface area contributed by atoms with Gasteiger partial charge in [0.25, 0.3) is 0 Å². The Morgan fingerprint density at radius 3 is 2.22 bits per heavy atom. The van der Waals surface area contributed by atoms with Crippen molar-refractivity contribution in [1.82, 2.24) is 4.90 Å². The standard InChI is InChI=1S/C19H26N2O.ClH/c1-12-2-4-16(5-3-12)18(20)19(22)21-11-15-7-13-6-14(8-15)10-17(21)9-13;/h2-5,13-15,17-18H,6-11,20H2,1H3;1H. The Morgan fingerprint density at radius 1 is 1.04 bits per heavy atom. The van der Waals surface area contributed by atoms with E-state index in [1.54, 1.807) is 0 Å². The number of carbonyl (C=O) groups excluding carboxylic acids is 1. The van der Waals surface area contributed by atoms with Gasteiger partial charge in [0.2, 0.25) is 5.91 Å². The first-order valence-electron chi connectivity index (χ1n) is 8.72. The first kappa shape index (κ1) is 16.8. The molecule has 5 rings (SSSR count). The summed E-state index contributed by atoms with van der Waals surface area (Å²) in [5.74, 6) is 2.57. The summed E-state index contributed by atoms with van der Waals surface area (Å²) in [6.45, 7) is 3.00. The molecule has 126 valence electrons. The highest BCUT2D eigenvalue weighted by atomic mass is 35.5.